The van der Waals surface area contributed by atoms with Gasteiger partial charge in [0, 0.05) is 6.20 Å². The first-order valence-corrected chi connectivity index (χ1v) is 4.03. The summed E-state index contributed by atoms with van der Waals surface area (Å²) in [5.74, 6) is -1.08. The molecule has 2 aromatic rings. The van der Waals surface area contributed by atoms with Crippen molar-refractivity contribution in [2.75, 3.05) is 0 Å². The lowest BCUT2D eigenvalue weighted by Gasteiger charge is -2.03. The Morgan fingerprint density at radius 1 is 1.33 bits per heavy atom. The van der Waals surface area contributed by atoms with Gasteiger partial charge in [0.1, 0.15) is 5.69 Å². The van der Waals surface area contributed by atoms with E-state index in [4.69, 9.17) is 0 Å². The summed E-state index contributed by atoms with van der Waals surface area (Å²) in [4.78, 5) is 13.8. The molecule has 0 bridgehead atoms. The second-order valence-electron chi connectivity index (χ2n) is 2.89. The minimum atomic E-state index is -4.56. The molecule has 0 unspecified atom stereocenters. The van der Waals surface area contributed by atoms with Gasteiger partial charge < -0.3 is 0 Å². The lowest BCUT2D eigenvalue weighted by atomic mass is 10.3. The van der Waals surface area contributed by atoms with Crippen LogP contribution in [0.2, 0.25) is 0 Å². The molecule has 2 aromatic heterocycles. The first-order valence-electron chi connectivity index (χ1n) is 4.03. The third-order valence-electron chi connectivity index (χ3n) is 1.94. The third kappa shape index (κ3) is 1.47. The largest absolute Gasteiger partial charge is 0.450 e. The molecule has 0 aliphatic rings. The quantitative estimate of drug-likeness (QED) is 0.682. The van der Waals surface area contributed by atoms with E-state index in [1.807, 2.05) is 0 Å². The molecule has 0 aliphatic carbocycles. The normalized spacial score (nSPS) is 11.9. The lowest BCUT2D eigenvalue weighted by molar-refractivity contribution is -0.145. The van der Waals surface area contributed by atoms with Gasteiger partial charge in [-0.2, -0.15) is 13.2 Å². The van der Waals surface area contributed by atoms with Crippen LogP contribution in [0.25, 0.3) is 5.52 Å². The number of pyridine rings is 1. The molecule has 0 spiro atoms. The van der Waals surface area contributed by atoms with Gasteiger partial charge in [0.2, 0.25) is 5.82 Å². The number of aldehydes is 1. The summed E-state index contributed by atoms with van der Waals surface area (Å²) in [5.41, 5.74) is -0.0530. The number of fused-ring (bicyclic) bond motifs is 1. The highest BCUT2D eigenvalue weighted by molar-refractivity contribution is 5.83. The molecule has 0 atom stereocenters. The van der Waals surface area contributed by atoms with Crippen LogP contribution in [0.3, 0.4) is 0 Å². The summed E-state index contributed by atoms with van der Waals surface area (Å²) >= 11 is 0. The maximum atomic E-state index is 12.5. The van der Waals surface area contributed by atoms with Crippen molar-refractivity contribution in [3.05, 3.63) is 35.9 Å². The highest BCUT2D eigenvalue weighted by atomic mass is 19.4. The van der Waals surface area contributed by atoms with Crippen molar-refractivity contribution in [1.29, 1.82) is 0 Å². The van der Waals surface area contributed by atoms with E-state index in [9.17, 15) is 18.0 Å². The summed E-state index contributed by atoms with van der Waals surface area (Å²) in [6.07, 6.45) is -3.03. The van der Waals surface area contributed by atoms with Crippen molar-refractivity contribution in [2.45, 2.75) is 6.18 Å². The summed E-state index contributed by atoms with van der Waals surface area (Å²) in [5, 5.41) is 0. The number of nitrogens with zero attached hydrogens (tertiary/aromatic N) is 2. The van der Waals surface area contributed by atoms with Crippen LogP contribution >= 0.6 is 0 Å². The Morgan fingerprint density at radius 2 is 2.07 bits per heavy atom. The lowest BCUT2D eigenvalue weighted by Crippen LogP contribution is -2.10. The molecular formula is C9H5F3N2O. The van der Waals surface area contributed by atoms with Crippen molar-refractivity contribution in [3.8, 4) is 0 Å². The average Bonchev–Trinajstić information content (AvgIpc) is 2.55. The van der Waals surface area contributed by atoms with E-state index in [-0.39, 0.29) is 11.2 Å². The predicted molar refractivity (Wildman–Crippen MR) is 45.6 cm³/mol. The average molecular weight is 214 g/mol. The number of carbonyl (C=O) groups excluding carboxylic acids is 1. The van der Waals surface area contributed by atoms with Crippen molar-refractivity contribution in [1.82, 2.24) is 9.38 Å². The Hall–Kier alpha value is -1.85. The highest BCUT2D eigenvalue weighted by Crippen LogP contribution is 2.29. The van der Waals surface area contributed by atoms with Crippen LogP contribution in [0.4, 0.5) is 13.2 Å². The Morgan fingerprint density at radius 3 is 2.67 bits per heavy atom. The Balaban J connectivity index is 2.82. The molecule has 2 rings (SSSR count). The van der Waals surface area contributed by atoms with E-state index in [1.165, 1.54) is 18.3 Å². The van der Waals surface area contributed by atoms with E-state index in [0.29, 0.717) is 6.29 Å². The topological polar surface area (TPSA) is 34.4 Å². The smallest absolute Gasteiger partial charge is 0.296 e. The van der Waals surface area contributed by atoms with Crippen molar-refractivity contribution in [2.24, 2.45) is 0 Å². The number of hydrogen-bond acceptors (Lipinski definition) is 2. The number of rotatable bonds is 1. The number of imidazole rings is 1. The number of alkyl halides is 3. The number of halogens is 3. The van der Waals surface area contributed by atoms with E-state index in [0.717, 1.165) is 4.40 Å². The number of aromatic nitrogens is 2. The maximum Gasteiger partial charge on any atom is 0.450 e. The highest BCUT2D eigenvalue weighted by Gasteiger charge is 2.36. The van der Waals surface area contributed by atoms with Gasteiger partial charge in [-0.05, 0) is 12.1 Å². The Labute approximate surface area is 82.2 Å². The standard InChI is InChI=1S/C9H5F3N2O/c10-9(11,12)8-13-6(5-15)7-3-1-2-4-14(7)8/h1-5H. The van der Waals surface area contributed by atoms with Crippen LogP contribution < -0.4 is 0 Å². The minimum absolute atomic E-state index is 0.153. The molecular weight excluding hydrogens is 209 g/mol. The van der Waals surface area contributed by atoms with E-state index in [2.05, 4.69) is 4.98 Å². The van der Waals surface area contributed by atoms with Crippen LogP contribution in [0.1, 0.15) is 16.3 Å². The van der Waals surface area contributed by atoms with Gasteiger partial charge in [-0.3, -0.25) is 9.20 Å². The zero-order chi connectivity index (χ0) is 11.1. The van der Waals surface area contributed by atoms with Gasteiger partial charge in [0.25, 0.3) is 0 Å². The first kappa shape index (κ1) is 9.70. The van der Waals surface area contributed by atoms with E-state index >= 15 is 0 Å². The number of hydrogen-bond donors (Lipinski definition) is 0. The maximum absolute atomic E-state index is 12.5. The molecule has 3 nitrogen and oxygen atoms in total. The molecule has 15 heavy (non-hydrogen) atoms. The fourth-order valence-corrected chi connectivity index (χ4v) is 1.35. The summed E-state index contributed by atoms with van der Waals surface area (Å²) in [7, 11) is 0. The van der Waals surface area contributed by atoms with Crippen LogP contribution in [-0.4, -0.2) is 15.7 Å². The Kier molecular flexibility index (Phi) is 1.99. The first-order chi connectivity index (χ1) is 7.04. The molecule has 0 radical (unpaired) electrons. The second-order valence-corrected chi connectivity index (χ2v) is 2.89. The monoisotopic (exact) mass is 214 g/mol. The summed E-state index contributed by atoms with van der Waals surface area (Å²) < 4.78 is 38.3. The van der Waals surface area contributed by atoms with Gasteiger partial charge in [-0.15, -0.1) is 0 Å². The van der Waals surface area contributed by atoms with Crippen molar-refractivity contribution >= 4 is 11.8 Å². The zero-order valence-electron chi connectivity index (χ0n) is 7.32. The fraction of sp³-hybridized carbons (Fsp3) is 0.111. The van der Waals surface area contributed by atoms with Gasteiger partial charge in [-0.25, -0.2) is 4.98 Å². The number of carbonyl (C=O) groups is 1. The second kappa shape index (κ2) is 3.08. The molecule has 0 saturated heterocycles. The molecule has 0 aliphatic heterocycles. The van der Waals surface area contributed by atoms with Crippen LogP contribution in [0.5, 0.6) is 0 Å². The zero-order valence-corrected chi connectivity index (χ0v) is 7.32. The minimum Gasteiger partial charge on any atom is -0.296 e. The van der Waals surface area contributed by atoms with E-state index in [1.54, 1.807) is 6.07 Å². The summed E-state index contributed by atoms with van der Waals surface area (Å²) in [6, 6.07) is 4.40. The molecule has 78 valence electrons. The Bertz CT molecular complexity index is 516. The van der Waals surface area contributed by atoms with Gasteiger partial charge in [-0.1, -0.05) is 6.07 Å². The molecule has 0 amide bonds. The van der Waals surface area contributed by atoms with Crippen LogP contribution in [0.15, 0.2) is 24.4 Å². The van der Waals surface area contributed by atoms with E-state index < -0.39 is 12.0 Å². The van der Waals surface area contributed by atoms with Gasteiger partial charge >= 0.3 is 6.18 Å². The molecule has 0 saturated carbocycles. The fourth-order valence-electron chi connectivity index (χ4n) is 1.35. The molecule has 6 heteroatoms. The van der Waals surface area contributed by atoms with Crippen LogP contribution in [0, 0.1) is 0 Å². The summed E-state index contributed by atoms with van der Waals surface area (Å²) in [6.45, 7) is 0. The van der Waals surface area contributed by atoms with Gasteiger partial charge in [0.15, 0.2) is 6.29 Å². The molecule has 0 fully saturated rings. The van der Waals surface area contributed by atoms with Crippen LogP contribution in [-0.2, 0) is 6.18 Å². The predicted octanol–water partition coefficient (Wildman–Crippen LogP) is 2.17. The van der Waals surface area contributed by atoms with Crippen molar-refractivity contribution in [3.63, 3.8) is 0 Å². The molecule has 2 heterocycles. The van der Waals surface area contributed by atoms with Gasteiger partial charge in [0.05, 0.1) is 5.52 Å². The molecule has 0 aromatic carbocycles. The SMILES string of the molecule is O=Cc1nc(C(F)(F)F)n2ccccc12. The third-order valence-corrected chi connectivity index (χ3v) is 1.94. The molecule has 0 N–H and O–H groups in total. The van der Waals surface area contributed by atoms with Crippen molar-refractivity contribution < 1.29 is 18.0 Å².